The number of hydrogen-bond acceptors (Lipinski definition) is 2. The van der Waals surface area contributed by atoms with Crippen molar-refractivity contribution in [3.8, 4) is 0 Å². The second-order valence-corrected chi connectivity index (χ2v) is 2.99. The number of allylic oxidation sites excluding steroid dienone is 7. The minimum Gasteiger partial charge on any atom is -0.399 e. The van der Waals surface area contributed by atoms with E-state index in [0.717, 1.165) is 21.7 Å². The molecule has 0 fully saturated rings. The number of thiocarbonyl (C=S) groups is 1. The molecule has 0 aromatic carbocycles. The number of hydrogen-bond donors (Lipinski definition) is 1. The van der Waals surface area contributed by atoms with Crippen molar-refractivity contribution >= 4 is 17.1 Å². The zero-order valence-electron chi connectivity index (χ0n) is 5.87. The average molecular weight is 161 g/mol. The highest BCUT2D eigenvalue weighted by Gasteiger charge is 2.13. The largest absolute Gasteiger partial charge is 0.399 e. The Morgan fingerprint density at radius 2 is 2.09 bits per heavy atom. The van der Waals surface area contributed by atoms with Crippen LogP contribution in [0.3, 0.4) is 0 Å². The summed E-state index contributed by atoms with van der Waals surface area (Å²) in [5.41, 5.74) is 8.62. The Morgan fingerprint density at radius 3 is 2.91 bits per heavy atom. The highest BCUT2D eigenvalue weighted by Crippen LogP contribution is 2.25. The van der Waals surface area contributed by atoms with Crippen molar-refractivity contribution in [2.45, 2.75) is 0 Å². The molecule has 0 aromatic heterocycles. The second kappa shape index (κ2) is 2.17. The van der Waals surface area contributed by atoms with Gasteiger partial charge in [0.05, 0.1) is 0 Å². The van der Waals surface area contributed by atoms with Crippen LogP contribution in [0.2, 0.25) is 0 Å². The summed E-state index contributed by atoms with van der Waals surface area (Å²) >= 11 is 5.11. The van der Waals surface area contributed by atoms with E-state index < -0.39 is 0 Å². The molecule has 0 saturated carbocycles. The quantitative estimate of drug-likeness (QED) is 0.546. The Labute approximate surface area is 70.6 Å². The Morgan fingerprint density at radius 1 is 1.27 bits per heavy atom. The first-order valence-corrected chi connectivity index (χ1v) is 3.80. The van der Waals surface area contributed by atoms with Crippen LogP contribution < -0.4 is 5.73 Å². The Hall–Kier alpha value is -1.15. The van der Waals surface area contributed by atoms with Gasteiger partial charge in [-0.1, -0.05) is 30.4 Å². The number of fused-ring (bicyclic) bond motifs is 1. The third kappa shape index (κ3) is 0.955. The second-order valence-electron chi connectivity index (χ2n) is 2.55. The summed E-state index contributed by atoms with van der Waals surface area (Å²) in [6.07, 6.45) is 9.77. The van der Waals surface area contributed by atoms with Crippen LogP contribution in [0.15, 0.2) is 47.2 Å². The number of rotatable bonds is 0. The predicted molar refractivity (Wildman–Crippen MR) is 50.2 cm³/mol. The topological polar surface area (TPSA) is 26.0 Å². The predicted octanol–water partition coefficient (Wildman–Crippen LogP) is 1.64. The maximum Gasteiger partial charge on any atom is 0.0475 e. The van der Waals surface area contributed by atoms with Gasteiger partial charge in [0.1, 0.15) is 0 Å². The molecular formula is C9H7NS. The first kappa shape index (κ1) is 6.55. The van der Waals surface area contributed by atoms with E-state index in [0.29, 0.717) is 0 Å². The van der Waals surface area contributed by atoms with Crippen LogP contribution in [0.25, 0.3) is 0 Å². The van der Waals surface area contributed by atoms with Gasteiger partial charge in [-0.25, -0.2) is 0 Å². The molecule has 2 aliphatic rings. The molecule has 1 nitrogen and oxygen atoms in total. The summed E-state index contributed by atoms with van der Waals surface area (Å²) in [5.74, 6) is 0. The van der Waals surface area contributed by atoms with Gasteiger partial charge in [-0.05, 0) is 23.3 Å². The van der Waals surface area contributed by atoms with E-state index in [9.17, 15) is 0 Å². The molecule has 2 heteroatoms. The molecule has 0 aromatic rings. The fraction of sp³-hybridized carbons (Fsp3) is 0. The van der Waals surface area contributed by atoms with E-state index in [1.807, 2.05) is 30.4 Å². The highest BCUT2D eigenvalue weighted by atomic mass is 32.1. The summed E-state index contributed by atoms with van der Waals surface area (Å²) in [6, 6.07) is 0. The van der Waals surface area contributed by atoms with Gasteiger partial charge in [-0.15, -0.1) is 0 Å². The van der Waals surface area contributed by atoms with Crippen molar-refractivity contribution in [2.24, 2.45) is 5.73 Å². The molecule has 0 saturated heterocycles. The third-order valence-electron chi connectivity index (χ3n) is 1.74. The van der Waals surface area contributed by atoms with Gasteiger partial charge in [-0.2, -0.15) is 0 Å². The van der Waals surface area contributed by atoms with Gasteiger partial charge in [0.15, 0.2) is 0 Å². The van der Waals surface area contributed by atoms with Crippen LogP contribution in [0.5, 0.6) is 0 Å². The summed E-state index contributed by atoms with van der Waals surface area (Å²) in [4.78, 5) is 0.838. The molecule has 0 heterocycles. The molecule has 0 atom stereocenters. The van der Waals surface area contributed by atoms with Crippen molar-refractivity contribution in [3.63, 3.8) is 0 Å². The minimum absolute atomic E-state index is 0.744. The van der Waals surface area contributed by atoms with E-state index in [1.54, 1.807) is 0 Å². The van der Waals surface area contributed by atoms with E-state index in [-0.39, 0.29) is 0 Å². The Balaban J connectivity index is 2.54. The Kier molecular flexibility index (Phi) is 1.29. The number of nitrogens with two attached hydrogens (primary N) is 1. The maximum atomic E-state index is 5.62. The lowest BCUT2D eigenvalue weighted by atomic mass is 10.00. The molecule has 0 aliphatic heterocycles. The van der Waals surface area contributed by atoms with Crippen LogP contribution in [0.1, 0.15) is 0 Å². The van der Waals surface area contributed by atoms with E-state index in [1.165, 1.54) is 0 Å². The lowest BCUT2D eigenvalue weighted by molar-refractivity contribution is 1.40. The lowest BCUT2D eigenvalue weighted by Gasteiger charge is -2.09. The molecule has 0 unspecified atom stereocenters. The molecule has 2 rings (SSSR count). The summed E-state index contributed by atoms with van der Waals surface area (Å²) < 4.78 is 0. The van der Waals surface area contributed by atoms with Crippen molar-refractivity contribution in [1.82, 2.24) is 0 Å². The molecule has 11 heavy (non-hydrogen) atoms. The molecule has 0 radical (unpaired) electrons. The average Bonchev–Trinajstić information content (AvgIpc) is 2.34. The van der Waals surface area contributed by atoms with E-state index in [2.05, 4.69) is 0 Å². The van der Waals surface area contributed by atoms with Gasteiger partial charge in [-0.3, -0.25) is 0 Å². The smallest absolute Gasteiger partial charge is 0.0475 e. The normalized spacial score (nSPS) is 20.7. The molecule has 54 valence electrons. The lowest BCUT2D eigenvalue weighted by Crippen LogP contribution is -2.07. The van der Waals surface area contributed by atoms with Crippen LogP contribution in [-0.4, -0.2) is 4.86 Å². The molecular weight excluding hydrogens is 154 g/mol. The first-order valence-electron chi connectivity index (χ1n) is 3.39. The summed E-state index contributed by atoms with van der Waals surface area (Å²) in [7, 11) is 0. The Bertz CT molecular complexity index is 343. The van der Waals surface area contributed by atoms with Crippen LogP contribution in [0, 0.1) is 0 Å². The van der Waals surface area contributed by atoms with Crippen molar-refractivity contribution < 1.29 is 0 Å². The van der Waals surface area contributed by atoms with Gasteiger partial charge in [0, 0.05) is 10.6 Å². The standard InChI is InChI=1S/C9H7NS/c10-7-4-6-2-1-3-8(6)9(11)5-7/h1-5H,10H2. The molecule has 2 N–H and O–H groups in total. The zero-order valence-corrected chi connectivity index (χ0v) is 6.69. The summed E-state index contributed by atoms with van der Waals surface area (Å²) in [6.45, 7) is 0. The van der Waals surface area contributed by atoms with E-state index in [4.69, 9.17) is 18.0 Å². The van der Waals surface area contributed by atoms with Gasteiger partial charge < -0.3 is 5.73 Å². The SMILES string of the molecule is NC1=CC(=S)C2=CC=CC2=C1. The van der Waals surface area contributed by atoms with Crippen molar-refractivity contribution in [1.29, 1.82) is 0 Å². The van der Waals surface area contributed by atoms with Gasteiger partial charge in [0.25, 0.3) is 0 Å². The molecule has 0 amide bonds. The summed E-state index contributed by atoms with van der Waals surface area (Å²) in [5, 5.41) is 0. The minimum atomic E-state index is 0.744. The molecule has 0 spiro atoms. The third-order valence-corrected chi connectivity index (χ3v) is 2.07. The highest BCUT2D eigenvalue weighted by molar-refractivity contribution is 7.81. The van der Waals surface area contributed by atoms with Crippen LogP contribution in [0.4, 0.5) is 0 Å². The van der Waals surface area contributed by atoms with Gasteiger partial charge in [0.2, 0.25) is 0 Å². The molecule has 0 bridgehead atoms. The first-order chi connectivity index (χ1) is 5.27. The zero-order chi connectivity index (χ0) is 7.84. The van der Waals surface area contributed by atoms with E-state index >= 15 is 0 Å². The van der Waals surface area contributed by atoms with Crippen LogP contribution in [-0.2, 0) is 0 Å². The van der Waals surface area contributed by atoms with Crippen molar-refractivity contribution in [3.05, 3.63) is 47.2 Å². The maximum absolute atomic E-state index is 5.62. The van der Waals surface area contributed by atoms with Gasteiger partial charge >= 0.3 is 0 Å². The molecule has 2 aliphatic carbocycles. The monoisotopic (exact) mass is 161 g/mol. The fourth-order valence-corrected chi connectivity index (χ4v) is 1.56. The van der Waals surface area contributed by atoms with Crippen LogP contribution >= 0.6 is 12.2 Å². The van der Waals surface area contributed by atoms with Crippen molar-refractivity contribution in [2.75, 3.05) is 0 Å². The fourth-order valence-electron chi connectivity index (χ4n) is 1.23.